The average molecular weight is 357 g/mol. The second kappa shape index (κ2) is 17.9. The molecule has 0 aromatic carbocycles. The van der Waals surface area contributed by atoms with E-state index in [0.29, 0.717) is 6.42 Å². The van der Waals surface area contributed by atoms with Gasteiger partial charge in [0.2, 0.25) is 0 Å². The lowest BCUT2D eigenvalue weighted by molar-refractivity contribution is -0.165. The molecule has 0 rings (SSSR count). The van der Waals surface area contributed by atoms with Crippen molar-refractivity contribution in [3.05, 3.63) is 0 Å². The van der Waals surface area contributed by atoms with E-state index in [2.05, 4.69) is 11.7 Å². The number of hydrogen-bond donors (Lipinski definition) is 1. The topological polar surface area (TPSA) is 63.6 Å². The molecule has 0 saturated carbocycles. The molecule has 0 fully saturated rings. The lowest BCUT2D eigenvalue weighted by Crippen LogP contribution is -2.25. The molecule has 148 valence electrons. The van der Waals surface area contributed by atoms with Gasteiger partial charge in [-0.2, -0.15) is 0 Å². The van der Waals surface area contributed by atoms with Crippen LogP contribution in [0.5, 0.6) is 0 Å². The van der Waals surface area contributed by atoms with Gasteiger partial charge in [-0.15, -0.1) is 0 Å². The first-order valence-corrected chi connectivity index (χ1v) is 10.5. The highest BCUT2D eigenvalue weighted by molar-refractivity contribution is 5.87. The normalized spacial score (nSPS) is 12.1. The van der Waals surface area contributed by atoms with Crippen LogP contribution in [-0.4, -0.2) is 23.1 Å². The molecule has 0 radical (unpaired) electrons. The Bertz CT molecular complexity index is 328. The van der Waals surface area contributed by atoms with Crippen molar-refractivity contribution in [2.45, 2.75) is 123 Å². The summed E-state index contributed by atoms with van der Waals surface area (Å²) >= 11 is 0. The molecule has 0 spiro atoms. The molecule has 1 unspecified atom stereocenters. The molecule has 0 aromatic heterocycles. The molecule has 25 heavy (non-hydrogen) atoms. The van der Waals surface area contributed by atoms with E-state index in [4.69, 9.17) is 0 Å². The van der Waals surface area contributed by atoms with Crippen molar-refractivity contribution in [3.63, 3.8) is 0 Å². The minimum Gasteiger partial charge on any atom is -0.391 e. The second-order valence-corrected chi connectivity index (χ2v) is 7.05. The number of carbonyl (C=O) groups is 2. The van der Waals surface area contributed by atoms with Crippen molar-refractivity contribution in [1.82, 2.24) is 0 Å². The summed E-state index contributed by atoms with van der Waals surface area (Å²) in [4.78, 5) is 22.4. The van der Waals surface area contributed by atoms with Crippen molar-refractivity contribution >= 4 is 11.9 Å². The van der Waals surface area contributed by atoms with Crippen LogP contribution in [0.25, 0.3) is 0 Å². The molecule has 1 N–H and O–H groups in total. The van der Waals surface area contributed by atoms with Gasteiger partial charge in [0.1, 0.15) is 0 Å². The molecule has 0 aliphatic heterocycles. The summed E-state index contributed by atoms with van der Waals surface area (Å²) in [5.41, 5.74) is 0. The molecule has 4 nitrogen and oxygen atoms in total. The monoisotopic (exact) mass is 356 g/mol. The van der Waals surface area contributed by atoms with Crippen molar-refractivity contribution in [2.75, 3.05) is 0 Å². The van der Waals surface area contributed by atoms with Crippen LogP contribution in [-0.2, 0) is 14.3 Å². The van der Waals surface area contributed by atoms with Gasteiger partial charge in [-0.3, -0.25) is 4.79 Å². The minimum atomic E-state index is -1.16. The third kappa shape index (κ3) is 16.3. The first-order valence-electron chi connectivity index (χ1n) is 10.5. The first kappa shape index (κ1) is 24.1. The van der Waals surface area contributed by atoms with Gasteiger partial charge in [0, 0.05) is 6.42 Å². The molecular formula is C21H40O4. The van der Waals surface area contributed by atoms with E-state index in [-0.39, 0.29) is 6.42 Å². The maximum absolute atomic E-state index is 11.4. The largest absolute Gasteiger partial charge is 0.391 e. The van der Waals surface area contributed by atoms with Gasteiger partial charge in [-0.1, -0.05) is 104 Å². The summed E-state index contributed by atoms with van der Waals surface area (Å²) in [7, 11) is 0. The Labute approximate surface area is 154 Å². The lowest BCUT2D eigenvalue weighted by atomic mass is 10.0. The number of carbonyl (C=O) groups excluding carboxylic acids is 2. The highest BCUT2D eigenvalue weighted by atomic mass is 16.6. The third-order valence-electron chi connectivity index (χ3n) is 4.61. The summed E-state index contributed by atoms with van der Waals surface area (Å²) in [5, 5.41) is 9.63. The number of hydrogen-bond acceptors (Lipinski definition) is 4. The molecule has 0 bridgehead atoms. The summed E-state index contributed by atoms with van der Waals surface area (Å²) in [6, 6.07) is 0. The molecule has 0 heterocycles. The van der Waals surface area contributed by atoms with Crippen LogP contribution in [0.1, 0.15) is 117 Å². The Morgan fingerprint density at radius 1 is 0.720 bits per heavy atom. The lowest BCUT2D eigenvalue weighted by Gasteiger charge is -2.08. The van der Waals surface area contributed by atoms with Gasteiger partial charge < -0.3 is 9.84 Å². The van der Waals surface area contributed by atoms with E-state index in [1.54, 1.807) is 6.92 Å². The van der Waals surface area contributed by atoms with Crippen LogP contribution in [0.15, 0.2) is 0 Å². The molecule has 4 heteroatoms. The zero-order valence-corrected chi connectivity index (χ0v) is 16.6. The highest BCUT2D eigenvalue weighted by Gasteiger charge is 2.18. The Balaban J connectivity index is 3.28. The van der Waals surface area contributed by atoms with E-state index in [9.17, 15) is 14.7 Å². The van der Waals surface area contributed by atoms with Gasteiger partial charge in [-0.05, 0) is 6.42 Å². The molecular weight excluding hydrogens is 316 g/mol. The Kier molecular flexibility index (Phi) is 17.3. The number of rotatable bonds is 17. The predicted molar refractivity (Wildman–Crippen MR) is 102 cm³/mol. The first-order chi connectivity index (χ1) is 12.1. The fourth-order valence-corrected chi connectivity index (χ4v) is 2.90. The third-order valence-corrected chi connectivity index (χ3v) is 4.61. The zero-order chi connectivity index (χ0) is 18.8. The molecule has 0 aliphatic rings. The number of esters is 2. The summed E-state index contributed by atoms with van der Waals surface area (Å²) in [6.07, 6.45) is 17.2. The van der Waals surface area contributed by atoms with Crippen molar-refractivity contribution in [3.8, 4) is 0 Å². The fraction of sp³-hybridized carbons (Fsp3) is 0.905. The smallest absolute Gasteiger partial charge is 0.342 e. The predicted octanol–water partition coefficient (Wildman–Crippen LogP) is 5.70. The van der Waals surface area contributed by atoms with Crippen LogP contribution < -0.4 is 0 Å². The van der Waals surface area contributed by atoms with Crippen LogP contribution in [0.4, 0.5) is 0 Å². The summed E-state index contributed by atoms with van der Waals surface area (Å²) in [5.74, 6) is -1.38. The Morgan fingerprint density at radius 3 is 1.52 bits per heavy atom. The van der Waals surface area contributed by atoms with Crippen LogP contribution in [0.2, 0.25) is 0 Å². The number of unbranched alkanes of at least 4 members (excludes halogenated alkanes) is 13. The summed E-state index contributed by atoms with van der Waals surface area (Å²) in [6.45, 7) is 3.88. The standard InChI is InChI=1S/C21H40O4/c1-3-5-6-7-8-9-10-11-12-13-14-15-16-17-18-19(22)21(24)25-20(23)4-2/h19,22H,3-18H2,1-2H3. The SMILES string of the molecule is CCCCCCCCCCCCCCCCC(O)C(=O)OC(=O)CC. The van der Waals surface area contributed by atoms with Crippen LogP contribution in [0.3, 0.4) is 0 Å². The number of ether oxygens (including phenoxy) is 1. The Morgan fingerprint density at radius 2 is 1.12 bits per heavy atom. The molecule has 0 saturated heterocycles. The van der Waals surface area contributed by atoms with Crippen molar-refractivity contribution < 1.29 is 19.4 Å². The number of aliphatic hydroxyl groups excluding tert-OH is 1. The molecule has 0 aromatic rings. The van der Waals surface area contributed by atoms with Crippen molar-refractivity contribution in [1.29, 1.82) is 0 Å². The Hall–Kier alpha value is -0.900. The van der Waals surface area contributed by atoms with E-state index in [1.165, 1.54) is 70.6 Å². The quantitative estimate of drug-likeness (QED) is 0.206. The van der Waals surface area contributed by atoms with Gasteiger partial charge in [0.05, 0.1) is 0 Å². The van der Waals surface area contributed by atoms with Crippen molar-refractivity contribution in [2.24, 2.45) is 0 Å². The second-order valence-electron chi connectivity index (χ2n) is 7.05. The average Bonchev–Trinajstić information content (AvgIpc) is 2.61. The van der Waals surface area contributed by atoms with Crippen LogP contribution in [0, 0.1) is 0 Å². The number of aliphatic hydroxyl groups is 1. The van der Waals surface area contributed by atoms with E-state index < -0.39 is 18.0 Å². The summed E-state index contributed by atoms with van der Waals surface area (Å²) < 4.78 is 4.50. The molecule has 0 amide bonds. The van der Waals surface area contributed by atoms with E-state index >= 15 is 0 Å². The van der Waals surface area contributed by atoms with Gasteiger partial charge >= 0.3 is 11.9 Å². The van der Waals surface area contributed by atoms with E-state index in [0.717, 1.165) is 19.3 Å². The minimum absolute atomic E-state index is 0.150. The van der Waals surface area contributed by atoms with Gasteiger partial charge in [-0.25, -0.2) is 4.79 Å². The maximum Gasteiger partial charge on any atom is 0.342 e. The maximum atomic E-state index is 11.4. The van der Waals surface area contributed by atoms with Gasteiger partial charge in [0.25, 0.3) is 0 Å². The van der Waals surface area contributed by atoms with E-state index in [1.807, 2.05) is 0 Å². The van der Waals surface area contributed by atoms with Gasteiger partial charge in [0.15, 0.2) is 6.10 Å². The molecule has 0 aliphatic carbocycles. The van der Waals surface area contributed by atoms with Crippen LogP contribution >= 0.6 is 0 Å². The fourth-order valence-electron chi connectivity index (χ4n) is 2.90. The zero-order valence-electron chi connectivity index (χ0n) is 16.6. The highest BCUT2D eigenvalue weighted by Crippen LogP contribution is 2.14. The molecule has 1 atom stereocenters.